The van der Waals surface area contributed by atoms with E-state index in [-0.39, 0.29) is 18.3 Å². The molecule has 1 heterocycles. The van der Waals surface area contributed by atoms with Gasteiger partial charge in [-0.25, -0.2) is 0 Å². The van der Waals surface area contributed by atoms with Crippen LogP contribution in [-0.4, -0.2) is 25.5 Å². The van der Waals surface area contributed by atoms with Gasteiger partial charge in [-0.3, -0.25) is 4.79 Å². The standard InChI is InChI=1S/C18H28N2O.ClH/c1-14-4-3-5-17(12-14)15(2)13-20-18(21)7-6-16-8-10-19-11-9-16;/h3-5,12,15-16,19H,6-11,13H2,1-2H3,(H,20,21);1H. The van der Waals surface area contributed by atoms with Crippen LogP contribution in [0.25, 0.3) is 0 Å². The number of carbonyl (C=O) groups excluding carboxylic acids is 1. The molecule has 1 aliphatic heterocycles. The first kappa shape index (κ1) is 19.0. The minimum Gasteiger partial charge on any atom is -0.356 e. The Morgan fingerprint density at radius 3 is 2.77 bits per heavy atom. The number of piperidine rings is 1. The lowest BCUT2D eigenvalue weighted by atomic mass is 9.93. The van der Waals surface area contributed by atoms with Crippen LogP contribution in [0.5, 0.6) is 0 Å². The van der Waals surface area contributed by atoms with Crippen molar-refractivity contribution in [2.75, 3.05) is 19.6 Å². The SMILES string of the molecule is Cc1cccc(C(C)CNC(=O)CCC2CCNCC2)c1.Cl. The fourth-order valence-corrected chi connectivity index (χ4v) is 2.96. The number of rotatable bonds is 6. The van der Waals surface area contributed by atoms with Crippen molar-refractivity contribution in [3.05, 3.63) is 35.4 Å². The van der Waals surface area contributed by atoms with E-state index >= 15 is 0 Å². The highest BCUT2D eigenvalue weighted by Crippen LogP contribution is 2.18. The van der Waals surface area contributed by atoms with Crippen molar-refractivity contribution in [1.82, 2.24) is 10.6 Å². The highest BCUT2D eigenvalue weighted by molar-refractivity contribution is 5.85. The van der Waals surface area contributed by atoms with Crippen molar-refractivity contribution >= 4 is 18.3 Å². The summed E-state index contributed by atoms with van der Waals surface area (Å²) >= 11 is 0. The van der Waals surface area contributed by atoms with Crippen LogP contribution < -0.4 is 10.6 Å². The van der Waals surface area contributed by atoms with Crippen LogP contribution in [0.4, 0.5) is 0 Å². The van der Waals surface area contributed by atoms with E-state index in [9.17, 15) is 4.79 Å². The van der Waals surface area contributed by atoms with Crippen LogP contribution >= 0.6 is 12.4 Å². The van der Waals surface area contributed by atoms with Crippen molar-refractivity contribution in [2.45, 2.75) is 45.4 Å². The number of carbonyl (C=O) groups is 1. The summed E-state index contributed by atoms with van der Waals surface area (Å²) in [5, 5.41) is 6.45. The number of benzene rings is 1. The lowest BCUT2D eigenvalue weighted by molar-refractivity contribution is -0.121. The molecule has 22 heavy (non-hydrogen) atoms. The third-order valence-corrected chi connectivity index (χ3v) is 4.45. The summed E-state index contributed by atoms with van der Waals surface area (Å²) in [6.45, 7) is 7.22. The number of amides is 1. The number of nitrogens with one attached hydrogen (secondary N) is 2. The zero-order chi connectivity index (χ0) is 15.1. The van der Waals surface area contributed by atoms with Gasteiger partial charge in [0, 0.05) is 13.0 Å². The maximum Gasteiger partial charge on any atom is 0.220 e. The van der Waals surface area contributed by atoms with E-state index in [4.69, 9.17) is 0 Å². The van der Waals surface area contributed by atoms with Gasteiger partial charge in [-0.05, 0) is 56.7 Å². The summed E-state index contributed by atoms with van der Waals surface area (Å²) in [6, 6.07) is 8.53. The fraction of sp³-hybridized carbons (Fsp3) is 0.611. The monoisotopic (exact) mass is 324 g/mol. The molecule has 4 heteroatoms. The molecule has 1 aromatic rings. The molecule has 3 nitrogen and oxygen atoms in total. The molecule has 0 spiro atoms. The Morgan fingerprint density at radius 1 is 1.36 bits per heavy atom. The molecule has 1 amide bonds. The van der Waals surface area contributed by atoms with Crippen molar-refractivity contribution in [1.29, 1.82) is 0 Å². The third kappa shape index (κ3) is 6.37. The summed E-state index contributed by atoms with van der Waals surface area (Å²) in [5.74, 6) is 1.30. The lowest BCUT2D eigenvalue weighted by Gasteiger charge is -2.22. The van der Waals surface area contributed by atoms with Gasteiger partial charge in [-0.2, -0.15) is 0 Å². The average Bonchev–Trinajstić information content (AvgIpc) is 2.51. The van der Waals surface area contributed by atoms with Gasteiger partial charge in [0.05, 0.1) is 0 Å². The minimum atomic E-state index is 0. The molecule has 1 saturated heterocycles. The molecule has 124 valence electrons. The first-order valence-electron chi connectivity index (χ1n) is 8.19. The largest absolute Gasteiger partial charge is 0.356 e. The van der Waals surface area contributed by atoms with Gasteiger partial charge < -0.3 is 10.6 Å². The molecule has 1 atom stereocenters. The van der Waals surface area contributed by atoms with Gasteiger partial charge in [-0.1, -0.05) is 36.8 Å². The second kappa shape index (κ2) is 9.86. The van der Waals surface area contributed by atoms with E-state index in [1.807, 2.05) is 0 Å². The molecule has 0 saturated carbocycles. The second-order valence-corrected chi connectivity index (χ2v) is 6.35. The van der Waals surface area contributed by atoms with E-state index in [2.05, 4.69) is 48.7 Å². The molecule has 1 aromatic carbocycles. The zero-order valence-electron chi connectivity index (χ0n) is 13.7. The molecule has 2 rings (SSSR count). The lowest BCUT2D eigenvalue weighted by Crippen LogP contribution is -2.30. The molecular formula is C18H29ClN2O. The van der Waals surface area contributed by atoms with E-state index in [0.717, 1.165) is 32.0 Å². The van der Waals surface area contributed by atoms with Gasteiger partial charge >= 0.3 is 0 Å². The zero-order valence-corrected chi connectivity index (χ0v) is 14.5. The summed E-state index contributed by atoms with van der Waals surface area (Å²) in [7, 11) is 0. The highest BCUT2D eigenvalue weighted by atomic mass is 35.5. The van der Waals surface area contributed by atoms with Gasteiger partial charge in [-0.15, -0.1) is 12.4 Å². The summed E-state index contributed by atoms with van der Waals surface area (Å²) in [4.78, 5) is 12.0. The van der Waals surface area contributed by atoms with Crippen LogP contribution in [-0.2, 0) is 4.79 Å². The van der Waals surface area contributed by atoms with Crippen LogP contribution in [0, 0.1) is 12.8 Å². The Bertz CT molecular complexity index is 458. The van der Waals surface area contributed by atoms with Crippen LogP contribution in [0.2, 0.25) is 0 Å². The molecule has 0 bridgehead atoms. The molecule has 1 aliphatic rings. The smallest absolute Gasteiger partial charge is 0.220 e. The summed E-state index contributed by atoms with van der Waals surface area (Å²) < 4.78 is 0. The topological polar surface area (TPSA) is 41.1 Å². The first-order valence-corrected chi connectivity index (χ1v) is 8.19. The molecule has 1 unspecified atom stereocenters. The number of halogens is 1. The van der Waals surface area contributed by atoms with Gasteiger partial charge in [0.1, 0.15) is 0 Å². The molecule has 2 N–H and O–H groups in total. The molecule has 1 fully saturated rings. The van der Waals surface area contributed by atoms with E-state index in [1.54, 1.807) is 0 Å². The third-order valence-electron chi connectivity index (χ3n) is 4.45. The van der Waals surface area contributed by atoms with Crippen LogP contribution in [0.1, 0.15) is 49.7 Å². The minimum absolute atomic E-state index is 0. The number of aryl methyl sites for hydroxylation is 1. The fourth-order valence-electron chi connectivity index (χ4n) is 2.96. The summed E-state index contributed by atoms with van der Waals surface area (Å²) in [5.41, 5.74) is 2.57. The van der Waals surface area contributed by atoms with Crippen LogP contribution in [0.3, 0.4) is 0 Å². The maximum atomic E-state index is 12.0. The van der Waals surface area contributed by atoms with E-state index in [0.29, 0.717) is 12.3 Å². The molecule has 0 radical (unpaired) electrons. The Balaban J connectivity index is 0.00000242. The van der Waals surface area contributed by atoms with Gasteiger partial charge in [0.15, 0.2) is 0 Å². The van der Waals surface area contributed by atoms with Crippen LogP contribution in [0.15, 0.2) is 24.3 Å². The molecule has 0 aliphatic carbocycles. The van der Waals surface area contributed by atoms with Gasteiger partial charge in [0.2, 0.25) is 5.91 Å². The predicted molar refractivity (Wildman–Crippen MR) is 94.7 cm³/mol. The highest BCUT2D eigenvalue weighted by Gasteiger charge is 2.15. The van der Waals surface area contributed by atoms with Crippen molar-refractivity contribution in [3.8, 4) is 0 Å². The number of hydrogen-bond acceptors (Lipinski definition) is 2. The number of hydrogen-bond donors (Lipinski definition) is 2. The quantitative estimate of drug-likeness (QED) is 0.842. The average molecular weight is 325 g/mol. The Hall–Kier alpha value is -1.06. The summed E-state index contributed by atoms with van der Waals surface area (Å²) in [6.07, 6.45) is 4.14. The first-order chi connectivity index (χ1) is 10.1. The van der Waals surface area contributed by atoms with Gasteiger partial charge in [0.25, 0.3) is 0 Å². The predicted octanol–water partition coefficient (Wildman–Crippen LogP) is 3.42. The van der Waals surface area contributed by atoms with Crippen molar-refractivity contribution in [2.24, 2.45) is 5.92 Å². The normalized spacial score (nSPS) is 16.6. The Morgan fingerprint density at radius 2 is 2.09 bits per heavy atom. The molecule has 0 aromatic heterocycles. The Kier molecular flexibility index (Phi) is 8.51. The second-order valence-electron chi connectivity index (χ2n) is 6.35. The van der Waals surface area contributed by atoms with E-state index in [1.165, 1.54) is 24.0 Å². The van der Waals surface area contributed by atoms with E-state index < -0.39 is 0 Å². The molecular weight excluding hydrogens is 296 g/mol. The Labute approximate surface area is 140 Å². The van der Waals surface area contributed by atoms with Crippen molar-refractivity contribution in [3.63, 3.8) is 0 Å². The maximum absolute atomic E-state index is 12.0. The van der Waals surface area contributed by atoms with Crippen molar-refractivity contribution < 1.29 is 4.79 Å².